The van der Waals surface area contributed by atoms with Gasteiger partial charge in [0.25, 0.3) is 0 Å². The summed E-state index contributed by atoms with van der Waals surface area (Å²) in [5.74, 6) is 2.21. The lowest BCUT2D eigenvalue weighted by molar-refractivity contribution is 0.0126. The van der Waals surface area contributed by atoms with E-state index in [9.17, 15) is 5.11 Å². The number of aliphatic hydroxyl groups excluding tert-OH is 1. The zero-order valence-corrected chi connectivity index (χ0v) is 21.7. The van der Waals surface area contributed by atoms with Crippen molar-refractivity contribution in [2.75, 3.05) is 26.9 Å². The topological polar surface area (TPSA) is 69.0 Å². The highest BCUT2D eigenvalue weighted by molar-refractivity contribution is 5.44. The fourth-order valence-electron chi connectivity index (χ4n) is 4.30. The second-order valence-corrected chi connectivity index (χ2v) is 9.35. The number of hydrogen-bond acceptors (Lipinski definition) is 6. The molecule has 0 aliphatic heterocycles. The van der Waals surface area contributed by atoms with Gasteiger partial charge in [0, 0.05) is 25.7 Å². The molecule has 2 aromatic carbocycles. The number of para-hydroxylation sites is 1. The summed E-state index contributed by atoms with van der Waals surface area (Å²) in [6.45, 7) is 6.55. The van der Waals surface area contributed by atoms with Gasteiger partial charge in [-0.15, -0.1) is 0 Å². The van der Waals surface area contributed by atoms with Crippen LogP contribution in [-0.4, -0.2) is 58.8 Å². The van der Waals surface area contributed by atoms with Crippen molar-refractivity contribution in [2.45, 2.75) is 64.6 Å². The Hall–Kier alpha value is -2.87. The van der Waals surface area contributed by atoms with Crippen molar-refractivity contribution in [3.8, 4) is 23.1 Å². The van der Waals surface area contributed by atoms with Gasteiger partial charge in [0.15, 0.2) is 0 Å². The third kappa shape index (κ3) is 6.87. The summed E-state index contributed by atoms with van der Waals surface area (Å²) >= 11 is 0. The minimum absolute atomic E-state index is 0.363. The van der Waals surface area contributed by atoms with Crippen molar-refractivity contribution >= 4 is 0 Å². The third-order valence-electron chi connectivity index (χ3n) is 6.45. The Morgan fingerprint density at radius 1 is 1.06 bits per heavy atom. The van der Waals surface area contributed by atoms with E-state index in [4.69, 9.17) is 19.3 Å². The number of aliphatic hydroxyl groups is 1. The fraction of sp³-hybridized carbons (Fsp3) is 0.483. The molecule has 1 unspecified atom stereocenters. The van der Waals surface area contributed by atoms with Gasteiger partial charge in [-0.05, 0) is 62.1 Å². The van der Waals surface area contributed by atoms with Gasteiger partial charge in [-0.3, -0.25) is 4.90 Å². The molecule has 7 heteroatoms. The van der Waals surface area contributed by atoms with E-state index in [1.807, 2.05) is 59.3 Å². The zero-order valence-electron chi connectivity index (χ0n) is 21.7. The van der Waals surface area contributed by atoms with Crippen molar-refractivity contribution in [3.05, 3.63) is 65.9 Å². The number of benzene rings is 2. The number of hydrogen-bond donors (Lipinski definition) is 1. The van der Waals surface area contributed by atoms with E-state index in [1.54, 1.807) is 7.11 Å². The van der Waals surface area contributed by atoms with Crippen LogP contribution in [0.3, 0.4) is 0 Å². The Morgan fingerprint density at radius 2 is 1.78 bits per heavy atom. The molecule has 1 atom stereocenters. The van der Waals surface area contributed by atoms with E-state index in [0.717, 1.165) is 60.5 Å². The number of nitrogens with zero attached hydrogens (tertiary/aromatic N) is 3. The van der Waals surface area contributed by atoms with Crippen molar-refractivity contribution < 1.29 is 19.3 Å². The third-order valence-corrected chi connectivity index (χ3v) is 6.45. The Labute approximate surface area is 214 Å². The van der Waals surface area contributed by atoms with Crippen LogP contribution in [0.15, 0.2) is 54.6 Å². The second-order valence-electron chi connectivity index (χ2n) is 9.35. The average Bonchev–Trinajstić information content (AvgIpc) is 3.71. The highest BCUT2D eigenvalue weighted by Gasteiger charge is 2.33. The van der Waals surface area contributed by atoms with Crippen LogP contribution in [0.4, 0.5) is 0 Å². The number of aromatic nitrogens is 2. The maximum Gasteiger partial charge on any atom is 0.227 e. The van der Waals surface area contributed by atoms with Crippen LogP contribution in [-0.2, 0) is 17.7 Å². The summed E-state index contributed by atoms with van der Waals surface area (Å²) in [7, 11) is 1.65. The molecule has 4 rings (SSSR count). The van der Waals surface area contributed by atoms with Crippen molar-refractivity contribution in [1.29, 1.82) is 0 Å². The average molecular weight is 494 g/mol. The van der Waals surface area contributed by atoms with E-state index in [-0.39, 0.29) is 0 Å². The lowest BCUT2D eigenvalue weighted by Gasteiger charge is -2.25. The maximum atomic E-state index is 10.7. The van der Waals surface area contributed by atoms with Gasteiger partial charge in [-0.2, -0.15) is 5.10 Å². The molecule has 194 valence electrons. The molecule has 1 saturated carbocycles. The largest absolute Gasteiger partial charge is 0.497 e. The Kier molecular flexibility index (Phi) is 9.39. The summed E-state index contributed by atoms with van der Waals surface area (Å²) < 4.78 is 19.4. The summed E-state index contributed by atoms with van der Waals surface area (Å²) in [5, 5.41) is 15.7. The van der Waals surface area contributed by atoms with Crippen LogP contribution in [0.25, 0.3) is 5.69 Å². The van der Waals surface area contributed by atoms with E-state index < -0.39 is 6.10 Å². The highest BCUT2D eigenvalue weighted by Crippen LogP contribution is 2.36. The predicted octanol–water partition coefficient (Wildman–Crippen LogP) is 5.38. The fourth-order valence-corrected chi connectivity index (χ4v) is 4.30. The summed E-state index contributed by atoms with van der Waals surface area (Å²) in [4.78, 5) is 2.36. The maximum absolute atomic E-state index is 10.7. The Balaban J connectivity index is 1.61. The minimum Gasteiger partial charge on any atom is -0.497 e. The smallest absolute Gasteiger partial charge is 0.227 e. The number of aryl methyl sites for hydroxylation is 1. The zero-order chi connectivity index (χ0) is 25.3. The molecular formula is C29H39N3O4. The van der Waals surface area contributed by atoms with Crippen molar-refractivity contribution in [1.82, 2.24) is 14.7 Å². The molecule has 1 aliphatic rings. The lowest BCUT2D eigenvalue weighted by Crippen LogP contribution is -2.36. The van der Waals surface area contributed by atoms with Gasteiger partial charge in [-0.25, -0.2) is 4.68 Å². The van der Waals surface area contributed by atoms with Crippen LogP contribution in [0, 0.1) is 0 Å². The number of ether oxygens (including phenoxy) is 3. The minimum atomic E-state index is -0.525. The van der Waals surface area contributed by atoms with Crippen LogP contribution in [0.1, 0.15) is 50.8 Å². The SMILES string of the molecule is CCCCOCC(O)CN(Cc1c(CC)nn(-c2ccccc2)c1Oc1ccc(OC)cc1)C1CC1. The van der Waals surface area contributed by atoms with Gasteiger partial charge in [0.05, 0.1) is 36.8 Å². The molecule has 1 heterocycles. The molecule has 1 aromatic heterocycles. The predicted molar refractivity (Wildman–Crippen MR) is 141 cm³/mol. The molecule has 0 bridgehead atoms. The Bertz CT molecular complexity index is 1060. The molecular weight excluding hydrogens is 454 g/mol. The molecule has 1 aliphatic carbocycles. The molecule has 1 N–H and O–H groups in total. The van der Waals surface area contributed by atoms with Crippen LogP contribution < -0.4 is 9.47 Å². The standard InChI is InChI=1S/C29H39N3O4/c1-4-6-18-35-21-24(33)19-31(22-12-13-22)20-27-28(5-2)30-32(23-10-8-7-9-11-23)29(27)36-26-16-14-25(34-3)15-17-26/h7-11,14-17,22,24,33H,4-6,12-13,18-21H2,1-3H3. The van der Waals surface area contributed by atoms with Gasteiger partial charge in [0.1, 0.15) is 11.5 Å². The number of unbranched alkanes of at least 4 members (excludes halogenated alkanes) is 1. The Morgan fingerprint density at radius 3 is 2.42 bits per heavy atom. The molecule has 0 saturated heterocycles. The van der Waals surface area contributed by atoms with E-state index in [2.05, 4.69) is 18.7 Å². The molecule has 3 aromatic rings. The highest BCUT2D eigenvalue weighted by atomic mass is 16.5. The first kappa shape index (κ1) is 26.2. The monoisotopic (exact) mass is 493 g/mol. The molecule has 0 amide bonds. The number of methoxy groups -OCH3 is 1. The first-order valence-electron chi connectivity index (χ1n) is 13.1. The lowest BCUT2D eigenvalue weighted by atomic mass is 10.1. The van der Waals surface area contributed by atoms with Crippen LogP contribution in [0.5, 0.6) is 17.4 Å². The van der Waals surface area contributed by atoms with Crippen LogP contribution in [0.2, 0.25) is 0 Å². The van der Waals surface area contributed by atoms with Gasteiger partial charge >= 0.3 is 0 Å². The van der Waals surface area contributed by atoms with Gasteiger partial charge < -0.3 is 19.3 Å². The molecule has 0 radical (unpaired) electrons. The van der Waals surface area contributed by atoms with Crippen LogP contribution >= 0.6 is 0 Å². The van der Waals surface area contributed by atoms with Crippen molar-refractivity contribution in [3.63, 3.8) is 0 Å². The summed E-state index contributed by atoms with van der Waals surface area (Å²) in [6, 6.07) is 18.1. The second kappa shape index (κ2) is 12.9. The van der Waals surface area contributed by atoms with Crippen molar-refractivity contribution in [2.24, 2.45) is 0 Å². The first-order chi connectivity index (χ1) is 17.6. The van der Waals surface area contributed by atoms with E-state index in [0.29, 0.717) is 38.2 Å². The number of rotatable bonds is 15. The van der Waals surface area contributed by atoms with Gasteiger partial charge in [0.2, 0.25) is 5.88 Å². The summed E-state index contributed by atoms with van der Waals surface area (Å²) in [6.07, 6.45) is 4.66. The normalized spacial score (nSPS) is 14.2. The van der Waals surface area contributed by atoms with E-state index >= 15 is 0 Å². The molecule has 0 spiro atoms. The first-order valence-corrected chi connectivity index (χ1v) is 13.1. The van der Waals surface area contributed by atoms with Gasteiger partial charge in [-0.1, -0.05) is 38.5 Å². The summed E-state index contributed by atoms with van der Waals surface area (Å²) in [5.41, 5.74) is 3.01. The van der Waals surface area contributed by atoms with E-state index in [1.165, 1.54) is 0 Å². The molecule has 7 nitrogen and oxygen atoms in total. The molecule has 36 heavy (non-hydrogen) atoms. The quantitative estimate of drug-likeness (QED) is 0.287. The molecule has 1 fully saturated rings.